The lowest BCUT2D eigenvalue weighted by Gasteiger charge is -2.37. The number of carbonyl (C=O) groups is 2. The maximum absolute atomic E-state index is 13.1. The van der Waals surface area contributed by atoms with Crippen LogP contribution in [0.3, 0.4) is 0 Å². The van der Waals surface area contributed by atoms with Gasteiger partial charge in [0.25, 0.3) is 0 Å². The van der Waals surface area contributed by atoms with Gasteiger partial charge in [0, 0.05) is 0 Å². The number of aromatic nitrogens is 1. The maximum atomic E-state index is 13.1. The minimum absolute atomic E-state index is 0.289. The van der Waals surface area contributed by atoms with Gasteiger partial charge < -0.3 is 9.84 Å². The van der Waals surface area contributed by atoms with E-state index < -0.39 is 11.8 Å². The molecule has 6 nitrogen and oxygen atoms in total. The van der Waals surface area contributed by atoms with Gasteiger partial charge in [-0.1, -0.05) is 34.4 Å². The molecule has 1 aromatic carbocycles. The molecule has 0 spiro atoms. The summed E-state index contributed by atoms with van der Waals surface area (Å²) >= 11 is 13.9. The Balaban J connectivity index is 2.12. The lowest BCUT2D eigenvalue weighted by Crippen LogP contribution is -2.62. The van der Waals surface area contributed by atoms with E-state index in [0.717, 1.165) is 0 Å². The zero-order valence-corrected chi connectivity index (χ0v) is 15.1. The van der Waals surface area contributed by atoms with Gasteiger partial charge in [-0.15, -0.1) is 11.8 Å². The molecule has 24 heavy (non-hydrogen) atoms. The molecule has 126 valence electrons. The number of halogens is 2. The second-order valence-corrected chi connectivity index (χ2v) is 6.97. The number of β-lactam (4-membered cyclic amide) rings is 1. The van der Waals surface area contributed by atoms with Gasteiger partial charge in [0.05, 0.1) is 21.1 Å². The standard InChI is InChI=1S/C15H13Cl2N3O3S/c1-7-10(6-23-19-7)20(12-8(16)4-3-5-9(12)17)15(22)11-13(21)18-14(11)24-2/h3-6,11,14H,1-2H3,(H,18,21)/t11-,14+/m0/s1. The summed E-state index contributed by atoms with van der Waals surface area (Å²) in [6.45, 7) is 1.69. The predicted molar refractivity (Wildman–Crippen MR) is 93.8 cm³/mol. The maximum Gasteiger partial charge on any atom is 0.247 e. The Morgan fingerprint density at radius 3 is 2.54 bits per heavy atom. The fourth-order valence-electron chi connectivity index (χ4n) is 2.48. The molecule has 1 fully saturated rings. The zero-order chi connectivity index (χ0) is 17.4. The molecule has 1 saturated heterocycles. The highest BCUT2D eigenvalue weighted by Crippen LogP contribution is 2.41. The quantitative estimate of drug-likeness (QED) is 0.644. The number of anilines is 2. The van der Waals surface area contributed by atoms with Gasteiger partial charge in [-0.25, -0.2) is 0 Å². The number of nitrogens with zero attached hydrogens (tertiary/aromatic N) is 2. The molecular weight excluding hydrogens is 373 g/mol. The van der Waals surface area contributed by atoms with Crippen LogP contribution in [0.1, 0.15) is 5.69 Å². The fourth-order valence-corrected chi connectivity index (χ4v) is 3.80. The lowest BCUT2D eigenvalue weighted by atomic mass is 9.99. The van der Waals surface area contributed by atoms with Crippen molar-refractivity contribution in [2.45, 2.75) is 12.3 Å². The van der Waals surface area contributed by atoms with Crippen molar-refractivity contribution in [2.75, 3.05) is 11.2 Å². The molecule has 0 aliphatic carbocycles. The third-order valence-corrected chi connectivity index (χ3v) is 5.24. The number of para-hydroxylation sites is 1. The third-order valence-electron chi connectivity index (χ3n) is 3.74. The molecule has 1 aliphatic rings. The first-order valence-electron chi connectivity index (χ1n) is 6.97. The van der Waals surface area contributed by atoms with Crippen molar-refractivity contribution >= 4 is 58.2 Å². The molecule has 3 rings (SSSR count). The van der Waals surface area contributed by atoms with Crippen LogP contribution in [0.25, 0.3) is 0 Å². The van der Waals surface area contributed by atoms with Gasteiger partial charge in [0.1, 0.15) is 23.6 Å². The van der Waals surface area contributed by atoms with E-state index in [1.54, 1.807) is 25.1 Å². The molecule has 0 saturated carbocycles. The molecule has 0 unspecified atom stereocenters. The molecule has 2 aromatic rings. The first-order chi connectivity index (χ1) is 11.5. The summed E-state index contributed by atoms with van der Waals surface area (Å²) < 4.78 is 4.95. The van der Waals surface area contributed by atoms with Gasteiger partial charge in [0.2, 0.25) is 11.8 Å². The molecule has 0 radical (unpaired) electrons. The Morgan fingerprint density at radius 1 is 1.38 bits per heavy atom. The highest BCUT2D eigenvalue weighted by molar-refractivity contribution is 7.99. The van der Waals surface area contributed by atoms with Gasteiger partial charge in [-0.2, -0.15) is 0 Å². The van der Waals surface area contributed by atoms with E-state index in [9.17, 15) is 9.59 Å². The van der Waals surface area contributed by atoms with Gasteiger partial charge >= 0.3 is 0 Å². The van der Waals surface area contributed by atoms with Gasteiger partial charge in [0.15, 0.2) is 0 Å². The van der Waals surface area contributed by atoms with E-state index in [1.807, 2.05) is 6.26 Å². The average Bonchev–Trinajstić information content (AvgIpc) is 2.94. The Hall–Kier alpha value is -1.70. The van der Waals surface area contributed by atoms with Crippen molar-refractivity contribution in [2.24, 2.45) is 5.92 Å². The van der Waals surface area contributed by atoms with Crippen LogP contribution < -0.4 is 10.2 Å². The Kier molecular flexibility index (Phi) is 4.76. The summed E-state index contributed by atoms with van der Waals surface area (Å²) in [7, 11) is 0. The lowest BCUT2D eigenvalue weighted by molar-refractivity contribution is -0.140. The van der Waals surface area contributed by atoms with Crippen LogP contribution in [0.5, 0.6) is 0 Å². The van der Waals surface area contributed by atoms with Crippen molar-refractivity contribution in [3.63, 3.8) is 0 Å². The van der Waals surface area contributed by atoms with Crippen LogP contribution in [-0.2, 0) is 9.59 Å². The summed E-state index contributed by atoms with van der Waals surface area (Å²) in [5.41, 5.74) is 1.19. The molecule has 1 aliphatic heterocycles. The molecule has 2 amide bonds. The number of benzene rings is 1. The minimum Gasteiger partial charge on any atom is -0.362 e. The summed E-state index contributed by atoms with van der Waals surface area (Å²) in [4.78, 5) is 26.4. The largest absolute Gasteiger partial charge is 0.362 e. The topological polar surface area (TPSA) is 75.4 Å². The number of hydrogen-bond acceptors (Lipinski definition) is 5. The first-order valence-corrected chi connectivity index (χ1v) is 9.02. The highest BCUT2D eigenvalue weighted by atomic mass is 35.5. The van der Waals surface area contributed by atoms with E-state index in [1.165, 1.54) is 22.9 Å². The van der Waals surface area contributed by atoms with Crippen LogP contribution in [0.2, 0.25) is 10.0 Å². The van der Waals surface area contributed by atoms with Crippen molar-refractivity contribution < 1.29 is 14.1 Å². The number of thioether (sulfide) groups is 1. The van der Waals surface area contributed by atoms with Crippen LogP contribution in [-0.4, -0.2) is 28.6 Å². The first kappa shape index (κ1) is 17.1. The zero-order valence-electron chi connectivity index (χ0n) is 12.7. The van der Waals surface area contributed by atoms with E-state index >= 15 is 0 Å². The third kappa shape index (κ3) is 2.76. The van der Waals surface area contributed by atoms with Gasteiger partial charge in [-0.3, -0.25) is 14.5 Å². The number of hydrogen-bond donors (Lipinski definition) is 1. The monoisotopic (exact) mass is 385 g/mol. The smallest absolute Gasteiger partial charge is 0.247 e. The highest BCUT2D eigenvalue weighted by Gasteiger charge is 2.47. The Morgan fingerprint density at radius 2 is 2.04 bits per heavy atom. The summed E-state index contributed by atoms with van der Waals surface area (Å²) in [5, 5.41) is 6.78. The summed E-state index contributed by atoms with van der Waals surface area (Å²) in [6, 6.07) is 4.93. The Bertz CT molecular complexity index is 791. The molecular formula is C15H13Cl2N3O3S. The molecule has 9 heteroatoms. The van der Waals surface area contributed by atoms with Crippen LogP contribution in [0, 0.1) is 12.8 Å². The number of nitrogens with one attached hydrogen (secondary N) is 1. The average molecular weight is 386 g/mol. The van der Waals surface area contributed by atoms with Gasteiger partial charge in [-0.05, 0) is 25.3 Å². The minimum atomic E-state index is -0.832. The SMILES string of the molecule is CS[C@H]1NC(=O)[C@@H]1C(=O)N(c1conc1C)c1c(Cl)cccc1Cl. The molecule has 0 bridgehead atoms. The molecule has 2 heterocycles. The second-order valence-electron chi connectivity index (χ2n) is 5.17. The van der Waals surface area contributed by atoms with Crippen LogP contribution in [0.15, 0.2) is 29.0 Å². The molecule has 1 aromatic heterocycles. The second kappa shape index (κ2) is 6.66. The van der Waals surface area contributed by atoms with Crippen LogP contribution >= 0.6 is 35.0 Å². The van der Waals surface area contributed by atoms with Crippen molar-refractivity contribution in [3.05, 3.63) is 40.2 Å². The summed E-state index contributed by atoms with van der Waals surface area (Å²) in [5.74, 6) is -1.59. The number of carbonyl (C=O) groups excluding carboxylic acids is 2. The number of amides is 2. The fraction of sp³-hybridized carbons (Fsp3) is 0.267. The number of rotatable bonds is 4. The van der Waals surface area contributed by atoms with E-state index in [0.29, 0.717) is 17.1 Å². The predicted octanol–water partition coefficient (Wildman–Crippen LogP) is 3.39. The molecule has 2 atom stereocenters. The van der Waals surface area contributed by atoms with E-state index in [-0.39, 0.29) is 21.3 Å². The Labute approximate surface area is 152 Å². The van der Waals surface area contributed by atoms with Crippen molar-refractivity contribution in [1.29, 1.82) is 0 Å². The van der Waals surface area contributed by atoms with E-state index in [4.69, 9.17) is 27.7 Å². The van der Waals surface area contributed by atoms with Crippen LogP contribution in [0.4, 0.5) is 11.4 Å². The number of aryl methyl sites for hydroxylation is 1. The van der Waals surface area contributed by atoms with E-state index in [2.05, 4.69) is 10.5 Å². The van der Waals surface area contributed by atoms with Crippen molar-refractivity contribution in [3.8, 4) is 0 Å². The molecule has 1 N–H and O–H groups in total. The normalized spacial score (nSPS) is 19.6. The van der Waals surface area contributed by atoms with Crippen molar-refractivity contribution in [1.82, 2.24) is 10.5 Å². The summed E-state index contributed by atoms with van der Waals surface area (Å²) in [6.07, 6.45) is 3.15.